The maximum atomic E-state index is 14.7. The number of nitrogens with two attached hydrogens (primary N) is 2. The van der Waals surface area contributed by atoms with E-state index >= 15 is 0 Å². The van der Waals surface area contributed by atoms with E-state index in [-0.39, 0.29) is 63.2 Å². The molecule has 2 aliphatic rings. The number of methoxy groups -OCH3 is 4. The first kappa shape index (κ1) is 58.8. The maximum absolute atomic E-state index is 14.7. The van der Waals surface area contributed by atoms with E-state index < -0.39 is 28.6 Å². The quantitative estimate of drug-likeness (QED) is 0.0405. The minimum atomic E-state index is -2.20. The summed E-state index contributed by atoms with van der Waals surface area (Å²) in [5.41, 5.74) is 16.7. The predicted octanol–water partition coefficient (Wildman–Crippen LogP) is 11.9. The van der Waals surface area contributed by atoms with Crippen LogP contribution in [0, 0.1) is 0 Å². The highest BCUT2D eigenvalue weighted by Crippen LogP contribution is 2.43. The third-order valence-corrected chi connectivity index (χ3v) is 24.1. The van der Waals surface area contributed by atoms with E-state index in [2.05, 4.69) is 67.7 Å². The van der Waals surface area contributed by atoms with Crippen molar-refractivity contribution in [3.8, 4) is 40.2 Å². The van der Waals surface area contributed by atoms with Crippen LogP contribution in [0.4, 0.5) is 10.5 Å². The number of carbonyl (C=O) groups is 3. The summed E-state index contributed by atoms with van der Waals surface area (Å²) in [6, 6.07) is 21.1. The number of amides is 3. The Hall–Kier alpha value is -6.48. The highest BCUT2D eigenvalue weighted by atomic mass is 28.4. The number of hydrogen-bond donors (Lipinski definition) is 2. The van der Waals surface area contributed by atoms with E-state index in [0.29, 0.717) is 69.0 Å². The zero-order valence-corrected chi connectivity index (χ0v) is 49.0. The molecule has 0 radical (unpaired) electrons. The van der Waals surface area contributed by atoms with E-state index in [4.69, 9.17) is 53.5 Å². The average molecular weight is 1080 g/mol. The van der Waals surface area contributed by atoms with E-state index in [9.17, 15) is 14.4 Å². The Morgan fingerprint density at radius 3 is 1.36 bits per heavy atom. The molecule has 76 heavy (non-hydrogen) atoms. The van der Waals surface area contributed by atoms with Crippen LogP contribution in [0.15, 0.2) is 85.2 Å². The second-order valence-electron chi connectivity index (χ2n) is 22.3. The van der Waals surface area contributed by atoms with Crippen molar-refractivity contribution in [2.75, 3.05) is 60.6 Å². The second-order valence-corrected chi connectivity index (χ2v) is 31.9. The number of nitrogens with zero attached hydrogens (tertiary/aromatic N) is 2. The number of hydrogen-bond acceptors (Lipinski definition) is 13. The fraction of sp³-hybridized carbons (Fsp3) is 0.466. The lowest BCUT2D eigenvalue weighted by atomic mass is 10.0. The summed E-state index contributed by atoms with van der Waals surface area (Å²) in [7, 11) is 1.92. The van der Waals surface area contributed by atoms with Crippen molar-refractivity contribution in [1.29, 1.82) is 0 Å². The van der Waals surface area contributed by atoms with Gasteiger partial charge in [0.15, 0.2) is 39.6 Å². The van der Waals surface area contributed by atoms with Gasteiger partial charge in [-0.2, -0.15) is 0 Å². The number of unbranched alkanes of at least 4 members (excludes halogenated alkanes) is 2. The van der Waals surface area contributed by atoms with Gasteiger partial charge in [0.05, 0.1) is 78.1 Å². The molecule has 4 aromatic rings. The molecule has 18 heteroatoms. The Bertz CT molecular complexity index is 2750. The number of carbonyl (C=O) groups excluding carboxylic acids is 3. The summed E-state index contributed by atoms with van der Waals surface area (Å²) in [4.78, 5) is 44.8. The Morgan fingerprint density at radius 1 is 0.553 bits per heavy atom. The fourth-order valence-electron chi connectivity index (χ4n) is 8.35. The predicted molar refractivity (Wildman–Crippen MR) is 303 cm³/mol. The number of primary amides is 1. The molecular weight excluding hydrogens is 1000 g/mol. The molecule has 2 atom stereocenters. The monoisotopic (exact) mass is 1080 g/mol. The molecule has 0 saturated carbocycles. The van der Waals surface area contributed by atoms with Crippen molar-refractivity contribution in [1.82, 2.24) is 9.80 Å². The van der Waals surface area contributed by atoms with Crippen LogP contribution in [0.5, 0.6) is 40.2 Å². The van der Waals surface area contributed by atoms with Gasteiger partial charge < -0.3 is 63.3 Å². The van der Waals surface area contributed by atoms with Gasteiger partial charge in [-0.25, -0.2) is 4.79 Å². The van der Waals surface area contributed by atoms with Crippen molar-refractivity contribution in [2.24, 2.45) is 5.73 Å². The van der Waals surface area contributed by atoms with Gasteiger partial charge in [0.1, 0.15) is 17.2 Å². The van der Waals surface area contributed by atoms with Gasteiger partial charge in [0, 0.05) is 36.3 Å². The molecule has 2 unspecified atom stereocenters. The molecule has 0 aromatic heterocycles. The molecule has 0 saturated heterocycles. The lowest BCUT2D eigenvalue weighted by molar-refractivity contribution is 0.0729. The Morgan fingerprint density at radius 2 is 0.961 bits per heavy atom. The lowest BCUT2D eigenvalue weighted by Gasteiger charge is -2.38. The summed E-state index contributed by atoms with van der Waals surface area (Å²) in [6.07, 6.45) is 5.78. The second kappa shape index (κ2) is 24.7. The van der Waals surface area contributed by atoms with Gasteiger partial charge in [0.2, 0.25) is 0 Å². The largest absolute Gasteiger partial charge is 0.497 e. The summed E-state index contributed by atoms with van der Waals surface area (Å²) in [5.74, 6) is 2.06. The van der Waals surface area contributed by atoms with Crippen LogP contribution >= 0.6 is 0 Å². The van der Waals surface area contributed by atoms with Crippen LogP contribution in [0.1, 0.15) is 105 Å². The molecule has 6 rings (SSSR count). The first-order valence-electron chi connectivity index (χ1n) is 25.9. The van der Waals surface area contributed by atoms with Gasteiger partial charge in [-0.05, 0) is 121 Å². The van der Waals surface area contributed by atoms with Crippen LogP contribution in [-0.4, -0.2) is 111 Å². The molecule has 4 N–H and O–H groups in total. The van der Waals surface area contributed by atoms with Crippen LogP contribution < -0.4 is 44.6 Å². The van der Waals surface area contributed by atoms with Gasteiger partial charge in [-0.3, -0.25) is 9.59 Å². The molecule has 0 bridgehead atoms. The number of ether oxygens (including phenoxy) is 7. The van der Waals surface area contributed by atoms with E-state index in [1.807, 2.05) is 60.9 Å². The third kappa shape index (κ3) is 14.1. The third-order valence-electron chi connectivity index (χ3n) is 15.1. The summed E-state index contributed by atoms with van der Waals surface area (Å²) < 4.78 is 53.4. The molecule has 2 aliphatic heterocycles. The number of anilines is 1. The first-order chi connectivity index (χ1) is 35.8. The topological polar surface area (TPSA) is 193 Å². The van der Waals surface area contributed by atoms with Crippen molar-refractivity contribution in [3.05, 3.63) is 107 Å². The van der Waals surface area contributed by atoms with Crippen molar-refractivity contribution < 1.29 is 56.4 Å². The van der Waals surface area contributed by atoms with Gasteiger partial charge in [-0.15, -0.1) is 0 Å². The molecule has 0 aliphatic carbocycles. The number of benzene rings is 4. The molecule has 3 amide bonds. The van der Waals surface area contributed by atoms with Crippen LogP contribution in [0.25, 0.3) is 11.1 Å². The van der Waals surface area contributed by atoms with Crippen LogP contribution in [0.2, 0.25) is 36.3 Å². The smallest absolute Gasteiger partial charge is 0.409 e. The maximum Gasteiger partial charge on any atom is 0.409 e. The van der Waals surface area contributed by atoms with Crippen molar-refractivity contribution in [2.45, 2.75) is 122 Å². The zero-order chi connectivity index (χ0) is 55.8. The lowest BCUT2D eigenvalue weighted by Crippen LogP contribution is -2.45. The summed E-state index contributed by atoms with van der Waals surface area (Å²) >= 11 is 0. The average Bonchev–Trinajstić information content (AvgIpc) is 4.01. The van der Waals surface area contributed by atoms with Crippen LogP contribution in [0.3, 0.4) is 0 Å². The van der Waals surface area contributed by atoms with E-state index in [0.717, 1.165) is 33.8 Å². The standard InChI is InChI=1S/C58H80N4O12Si2/c1-57(2,3)75(11,12)72-36-42-28-40(38-18-22-44(66-7)23-19-38)34-61(42)54(63)46-30-50(68-9)52(32-48(46)59)70-26-16-15-17-27-71-53-33-49(74-56(60)65)47(31-51(53)69-10)55(64)62-35-41(39-20-24-45(67-8)25-21-39)29-43(62)37-73-76(13,14)58(4,5)6/h18-25,30-35,42-43H,15-17,26-29,36-37,59H2,1-14H3,(H2,60,65). The number of nitrogen functional groups attached to an aromatic ring is 1. The summed E-state index contributed by atoms with van der Waals surface area (Å²) in [6.45, 7) is 23.2. The molecule has 0 spiro atoms. The highest BCUT2D eigenvalue weighted by molar-refractivity contribution is 6.74. The first-order valence-corrected chi connectivity index (χ1v) is 31.7. The SMILES string of the molecule is COc1ccc(C2=CN(C(=O)c3cc(OC)c(OCCCCCOc4cc(OC(N)=O)c(C(=O)N5C=C(c6ccc(OC)cc6)CC5CO[Si](C)(C)C(C)(C)C)cc4OC)cc3N)C(CO[Si](C)(C)C(C)(C)C)C2)cc1. The zero-order valence-electron chi connectivity index (χ0n) is 47.0. The van der Waals surface area contributed by atoms with Crippen molar-refractivity contribution >= 4 is 51.4 Å². The van der Waals surface area contributed by atoms with E-state index in [1.165, 1.54) is 26.4 Å². The molecule has 4 aromatic carbocycles. The normalized spacial score (nSPS) is 16.0. The minimum absolute atomic E-state index is 0.00196. The van der Waals surface area contributed by atoms with Crippen LogP contribution in [-0.2, 0) is 8.85 Å². The number of rotatable bonds is 23. The fourth-order valence-corrected chi connectivity index (χ4v) is 10.4. The Kier molecular flexibility index (Phi) is 19.1. The molecular formula is C58H80N4O12Si2. The molecule has 412 valence electrons. The molecule has 2 heterocycles. The van der Waals surface area contributed by atoms with Crippen molar-refractivity contribution in [3.63, 3.8) is 0 Å². The Balaban J connectivity index is 1.10. The molecule has 16 nitrogen and oxygen atoms in total. The van der Waals surface area contributed by atoms with Gasteiger partial charge in [0.25, 0.3) is 11.8 Å². The highest BCUT2D eigenvalue weighted by Gasteiger charge is 2.42. The van der Waals surface area contributed by atoms with Gasteiger partial charge in [-0.1, -0.05) is 65.8 Å². The molecule has 0 fully saturated rings. The Labute approximate surface area is 451 Å². The minimum Gasteiger partial charge on any atom is -0.497 e. The summed E-state index contributed by atoms with van der Waals surface area (Å²) in [5, 5.41) is -0.0469. The van der Waals surface area contributed by atoms with Gasteiger partial charge >= 0.3 is 6.09 Å². The van der Waals surface area contributed by atoms with E-state index in [1.54, 1.807) is 36.2 Å².